The second-order valence-electron chi connectivity index (χ2n) is 5.27. The molecule has 0 aromatic heterocycles. The Hall–Kier alpha value is -2.49. The predicted molar refractivity (Wildman–Crippen MR) is 84.2 cm³/mol. The molecule has 0 saturated heterocycles. The summed E-state index contributed by atoms with van der Waals surface area (Å²) in [6.45, 7) is 5.07. The van der Waals surface area contributed by atoms with Gasteiger partial charge in [0.05, 0.1) is 12.2 Å². The number of hydrogen-bond donors (Lipinski definition) is 1. The van der Waals surface area contributed by atoms with Gasteiger partial charge in [0.2, 0.25) is 0 Å². The summed E-state index contributed by atoms with van der Waals surface area (Å²) in [7, 11) is 0. The number of fused-ring (bicyclic) bond motifs is 1. The number of rotatable bonds is 1. The van der Waals surface area contributed by atoms with Gasteiger partial charge < -0.3 is 10.1 Å². The highest BCUT2D eigenvalue weighted by Gasteiger charge is 2.23. The van der Waals surface area contributed by atoms with Crippen LogP contribution in [-0.2, 0) is 0 Å². The summed E-state index contributed by atoms with van der Waals surface area (Å²) in [6, 6.07) is 13.5. The Morgan fingerprint density at radius 3 is 2.76 bits per heavy atom. The summed E-state index contributed by atoms with van der Waals surface area (Å²) in [5, 5.41) is 2.94. The van der Waals surface area contributed by atoms with E-state index in [1.54, 1.807) is 4.90 Å². The Bertz CT molecular complexity index is 682. The molecule has 0 unspecified atom stereocenters. The van der Waals surface area contributed by atoms with Crippen molar-refractivity contribution in [1.29, 1.82) is 0 Å². The van der Waals surface area contributed by atoms with E-state index in [1.165, 1.54) is 0 Å². The Morgan fingerprint density at radius 1 is 1.14 bits per heavy atom. The van der Waals surface area contributed by atoms with Gasteiger partial charge in [0.1, 0.15) is 12.4 Å². The average molecular weight is 282 g/mol. The number of benzene rings is 2. The molecule has 2 aromatic carbocycles. The number of carbonyl (C=O) groups is 1. The molecule has 108 valence electrons. The molecule has 0 atom stereocenters. The van der Waals surface area contributed by atoms with Crippen LogP contribution in [-0.4, -0.2) is 19.2 Å². The van der Waals surface area contributed by atoms with Crippen molar-refractivity contribution in [2.24, 2.45) is 0 Å². The van der Waals surface area contributed by atoms with Crippen molar-refractivity contribution in [2.75, 3.05) is 23.4 Å². The van der Waals surface area contributed by atoms with Crippen LogP contribution in [0.25, 0.3) is 0 Å². The number of hydrogen-bond acceptors (Lipinski definition) is 2. The van der Waals surface area contributed by atoms with E-state index >= 15 is 0 Å². The SMILES string of the molecule is Cc1cccc(NC(=O)N2CCOc3ccc(C)cc32)c1. The Labute approximate surface area is 124 Å². The van der Waals surface area contributed by atoms with E-state index in [9.17, 15) is 4.79 Å². The second-order valence-corrected chi connectivity index (χ2v) is 5.27. The van der Waals surface area contributed by atoms with Crippen LogP contribution in [0.5, 0.6) is 5.75 Å². The first-order valence-corrected chi connectivity index (χ1v) is 7.02. The van der Waals surface area contributed by atoms with E-state index in [-0.39, 0.29) is 6.03 Å². The van der Waals surface area contributed by atoms with Gasteiger partial charge in [-0.1, -0.05) is 18.2 Å². The summed E-state index contributed by atoms with van der Waals surface area (Å²) < 4.78 is 5.61. The van der Waals surface area contributed by atoms with Gasteiger partial charge in [-0.2, -0.15) is 0 Å². The summed E-state index contributed by atoms with van der Waals surface area (Å²) in [5.74, 6) is 0.756. The molecule has 0 radical (unpaired) electrons. The molecule has 4 nitrogen and oxygen atoms in total. The number of ether oxygens (including phenoxy) is 1. The highest BCUT2D eigenvalue weighted by atomic mass is 16.5. The smallest absolute Gasteiger partial charge is 0.326 e. The molecule has 1 aliphatic rings. The number of anilines is 2. The normalized spacial score (nSPS) is 13.3. The van der Waals surface area contributed by atoms with Gasteiger partial charge >= 0.3 is 6.03 Å². The average Bonchev–Trinajstić information content (AvgIpc) is 2.46. The van der Waals surface area contributed by atoms with E-state index in [4.69, 9.17) is 4.74 Å². The van der Waals surface area contributed by atoms with E-state index in [2.05, 4.69) is 5.32 Å². The molecule has 0 saturated carbocycles. The van der Waals surface area contributed by atoms with Gasteiger partial charge in [0, 0.05) is 5.69 Å². The molecule has 0 spiro atoms. The molecule has 0 fully saturated rings. The summed E-state index contributed by atoms with van der Waals surface area (Å²) >= 11 is 0. The Balaban J connectivity index is 1.85. The lowest BCUT2D eigenvalue weighted by Crippen LogP contribution is -2.40. The molecule has 1 aliphatic heterocycles. The zero-order chi connectivity index (χ0) is 14.8. The molecule has 0 aliphatic carbocycles. The van der Waals surface area contributed by atoms with Crippen molar-refractivity contribution in [3.8, 4) is 5.75 Å². The highest BCUT2D eigenvalue weighted by Crippen LogP contribution is 2.32. The van der Waals surface area contributed by atoms with Crippen LogP contribution in [0.2, 0.25) is 0 Å². The van der Waals surface area contributed by atoms with Crippen molar-refractivity contribution < 1.29 is 9.53 Å². The molecule has 1 N–H and O–H groups in total. The fraction of sp³-hybridized carbons (Fsp3) is 0.235. The number of urea groups is 1. The van der Waals surface area contributed by atoms with Crippen LogP contribution < -0.4 is 15.0 Å². The molecule has 2 aromatic rings. The van der Waals surface area contributed by atoms with Gasteiger partial charge in [-0.05, 0) is 49.2 Å². The minimum Gasteiger partial charge on any atom is -0.490 e. The number of nitrogens with one attached hydrogen (secondary N) is 1. The van der Waals surface area contributed by atoms with Crippen LogP contribution in [0.4, 0.5) is 16.2 Å². The van der Waals surface area contributed by atoms with Crippen molar-refractivity contribution in [3.05, 3.63) is 53.6 Å². The molecule has 0 bridgehead atoms. The van der Waals surface area contributed by atoms with E-state index < -0.39 is 0 Å². The summed E-state index contributed by atoms with van der Waals surface area (Å²) in [5.41, 5.74) is 3.85. The highest BCUT2D eigenvalue weighted by molar-refractivity contribution is 6.03. The first kappa shape index (κ1) is 13.5. The fourth-order valence-corrected chi connectivity index (χ4v) is 2.45. The number of nitrogens with zero attached hydrogens (tertiary/aromatic N) is 1. The lowest BCUT2D eigenvalue weighted by atomic mass is 10.1. The topological polar surface area (TPSA) is 41.6 Å². The quantitative estimate of drug-likeness (QED) is 0.865. The van der Waals surface area contributed by atoms with Crippen LogP contribution in [0.1, 0.15) is 11.1 Å². The van der Waals surface area contributed by atoms with E-state index in [0.717, 1.165) is 28.3 Å². The first-order chi connectivity index (χ1) is 10.1. The van der Waals surface area contributed by atoms with Gasteiger partial charge in [0.25, 0.3) is 0 Å². The monoisotopic (exact) mass is 282 g/mol. The third-order valence-corrected chi connectivity index (χ3v) is 3.49. The lowest BCUT2D eigenvalue weighted by Gasteiger charge is -2.30. The number of amides is 2. The largest absolute Gasteiger partial charge is 0.490 e. The molecule has 3 rings (SSSR count). The van der Waals surface area contributed by atoms with E-state index in [0.29, 0.717) is 13.2 Å². The zero-order valence-corrected chi connectivity index (χ0v) is 12.2. The van der Waals surface area contributed by atoms with Crippen molar-refractivity contribution in [3.63, 3.8) is 0 Å². The van der Waals surface area contributed by atoms with Gasteiger partial charge in [-0.15, -0.1) is 0 Å². The van der Waals surface area contributed by atoms with Crippen LogP contribution in [0.3, 0.4) is 0 Å². The maximum absolute atomic E-state index is 12.5. The maximum Gasteiger partial charge on any atom is 0.326 e. The third-order valence-electron chi connectivity index (χ3n) is 3.49. The second kappa shape index (κ2) is 5.48. The minimum atomic E-state index is -0.129. The first-order valence-electron chi connectivity index (χ1n) is 7.02. The number of carbonyl (C=O) groups excluding carboxylic acids is 1. The summed E-state index contributed by atoms with van der Waals surface area (Å²) in [4.78, 5) is 14.2. The van der Waals surface area contributed by atoms with Crippen molar-refractivity contribution in [1.82, 2.24) is 0 Å². The van der Waals surface area contributed by atoms with Gasteiger partial charge in [0.15, 0.2) is 0 Å². The minimum absolute atomic E-state index is 0.129. The predicted octanol–water partition coefficient (Wildman–Crippen LogP) is 3.73. The van der Waals surface area contributed by atoms with E-state index in [1.807, 2.05) is 56.3 Å². The lowest BCUT2D eigenvalue weighted by molar-refractivity contribution is 0.250. The number of aryl methyl sites for hydroxylation is 2. The molecule has 2 amide bonds. The molecular weight excluding hydrogens is 264 g/mol. The summed E-state index contributed by atoms with van der Waals surface area (Å²) in [6.07, 6.45) is 0. The molecule has 4 heteroatoms. The van der Waals surface area contributed by atoms with Crippen LogP contribution >= 0.6 is 0 Å². The van der Waals surface area contributed by atoms with Crippen molar-refractivity contribution >= 4 is 17.4 Å². The van der Waals surface area contributed by atoms with Crippen molar-refractivity contribution in [2.45, 2.75) is 13.8 Å². The molecule has 21 heavy (non-hydrogen) atoms. The van der Waals surface area contributed by atoms with Crippen LogP contribution in [0.15, 0.2) is 42.5 Å². The van der Waals surface area contributed by atoms with Crippen LogP contribution in [0, 0.1) is 13.8 Å². The molecule has 1 heterocycles. The van der Waals surface area contributed by atoms with Gasteiger partial charge in [-0.3, -0.25) is 4.90 Å². The zero-order valence-electron chi connectivity index (χ0n) is 12.2. The van der Waals surface area contributed by atoms with Gasteiger partial charge in [-0.25, -0.2) is 4.79 Å². The Kier molecular flexibility index (Phi) is 3.52. The maximum atomic E-state index is 12.5. The fourth-order valence-electron chi connectivity index (χ4n) is 2.45. The molecular formula is C17H18N2O2. The Morgan fingerprint density at radius 2 is 1.95 bits per heavy atom. The standard InChI is InChI=1S/C17H18N2O2/c1-12-4-3-5-14(10-12)18-17(20)19-8-9-21-16-7-6-13(2)11-15(16)19/h3-7,10-11H,8-9H2,1-2H3,(H,18,20). The third kappa shape index (κ3) is 2.84.